The maximum atomic E-state index is 13.0. The van der Waals surface area contributed by atoms with Gasteiger partial charge < -0.3 is 24.4 Å². The summed E-state index contributed by atoms with van der Waals surface area (Å²) < 4.78 is 24.1. The minimum atomic E-state index is -1.76. The van der Waals surface area contributed by atoms with Gasteiger partial charge in [0.1, 0.15) is 24.3 Å². The predicted molar refractivity (Wildman–Crippen MR) is 69.0 cm³/mol. The summed E-state index contributed by atoms with van der Waals surface area (Å²) in [7, 11) is 0.233. The fourth-order valence-electron chi connectivity index (χ4n) is 2.00. The van der Waals surface area contributed by atoms with Crippen molar-refractivity contribution in [1.29, 1.82) is 0 Å². The normalized spacial score (nSPS) is 20.3. The molecule has 104 valence electrons. The van der Waals surface area contributed by atoms with E-state index in [1.807, 2.05) is 7.05 Å². The van der Waals surface area contributed by atoms with Gasteiger partial charge in [0.05, 0.1) is 6.61 Å². The Morgan fingerprint density at radius 2 is 2.32 bits per heavy atom. The first-order valence-corrected chi connectivity index (χ1v) is 6.15. The second-order valence-electron chi connectivity index (χ2n) is 4.62. The lowest BCUT2D eigenvalue weighted by Gasteiger charge is -2.30. The highest BCUT2D eigenvalue weighted by atomic mass is 19.1. The number of likely N-dealkylation sites (N-methyl/N-ethyl adjacent to an activating group) is 1. The average molecular weight is 269 g/mol. The lowest BCUT2D eigenvalue weighted by molar-refractivity contribution is -0.0402. The van der Waals surface area contributed by atoms with Crippen molar-refractivity contribution in [3.63, 3.8) is 0 Å². The summed E-state index contributed by atoms with van der Waals surface area (Å²) in [5, 5.41) is 18.4. The number of rotatable bonds is 4. The summed E-state index contributed by atoms with van der Waals surface area (Å²) in [6, 6.07) is 3.65. The summed E-state index contributed by atoms with van der Waals surface area (Å²) >= 11 is 0. The van der Waals surface area contributed by atoms with Crippen LogP contribution in [0.1, 0.15) is 0 Å². The third kappa shape index (κ3) is 3.91. The maximum absolute atomic E-state index is 13.0. The van der Waals surface area contributed by atoms with E-state index >= 15 is 0 Å². The van der Waals surface area contributed by atoms with Gasteiger partial charge in [-0.3, -0.25) is 0 Å². The first kappa shape index (κ1) is 14.3. The second kappa shape index (κ2) is 6.34. The number of hydrogen-bond donors (Lipinski definition) is 2. The van der Waals surface area contributed by atoms with Crippen LogP contribution in [-0.2, 0) is 4.74 Å². The zero-order chi connectivity index (χ0) is 13.8. The van der Waals surface area contributed by atoms with Gasteiger partial charge in [0, 0.05) is 18.6 Å². The SMILES string of the molecule is CN1CCOC(COc2ccc(F)cc2B(O)O)C1. The molecule has 7 heteroatoms. The highest BCUT2D eigenvalue weighted by Crippen LogP contribution is 2.12. The molecule has 19 heavy (non-hydrogen) atoms. The van der Waals surface area contributed by atoms with Crippen LogP contribution in [0, 0.1) is 5.82 Å². The minimum absolute atomic E-state index is 0.0177. The summed E-state index contributed by atoms with van der Waals surface area (Å²) in [5.74, 6) is -0.280. The Morgan fingerprint density at radius 1 is 1.53 bits per heavy atom. The molecule has 0 aromatic heterocycles. The number of morpholine rings is 1. The van der Waals surface area contributed by atoms with Gasteiger partial charge >= 0.3 is 7.12 Å². The summed E-state index contributed by atoms with van der Waals surface area (Å²) in [6.45, 7) is 2.56. The molecular weight excluding hydrogens is 252 g/mol. The Hall–Kier alpha value is -1.15. The van der Waals surface area contributed by atoms with Crippen molar-refractivity contribution in [2.24, 2.45) is 0 Å². The van der Waals surface area contributed by atoms with Gasteiger partial charge in [-0.1, -0.05) is 0 Å². The van der Waals surface area contributed by atoms with Gasteiger partial charge in [-0.05, 0) is 25.2 Å². The van der Waals surface area contributed by atoms with Gasteiger partial charge in [0.2, 0.25) is 0 Å². The van der Waals surface area contributed by atoms with Crippen molar-refractivity contribution >= 4 is 12.6 Å². The maximum Gasteiger partial charge on any atom is 0.492 e. The van der Waals surface area contributed by atoms with Crippen molar-refractivity contribution in [3.8, 4) is 5.75 Å². The number of halogens is 1. The quantitative estimate of drug-likeness (QED) is 0.702. The minimum Gasteiger partial charge on any atom is -0.491 e. The van der Waals surface area contributed by atoms with E-state index in [1.54, 1.807) is 0 Å². The van der Waals surface area contributed by atoms with Gasteiger partial charge in [-0.2, -0.15) is 0 Å². The highest BCUT2D eigenvalue weighted by Gasteiger charge is 2.21. The molecule has 0 bridgehead atoms. The Bertz CT molecular complexity index is 432. The molecule has 0 amide bonds. The van der Waals surface area contributed by atoms with E-state index in [0.717, 1.165) is 19.2 Å². The van der Waals surface area contributed by atoms with E-state index in [0.29, 0.717) is 6.61 Å². The molecule has 1 aromatic rings. The van der Waals surface area contributed by atoms with E-state index in [4.69, 9.17) is 9.47 Å². The fraction of sp³-hybridized carbons (Fsp3) is 0.500. The summed E-state index contributed by atoms with van der Waals surface area (Å²) in [4.78, 5) is 2.13. The van der Waals surface area contributed by atoms with Gasteiger partial charge in [-0.25, -0.2) is 4.39 Å². The van der Waals surface area contributed by atoms with E-state index in [1.165, 1.54) is 12.1 Å². The lowest BCUT2D eigenvalue weighted by Crippen LogP contribution is -2.43. The second-order valence-corrected chi connectivity index (χ2v) is 4.62. The van der Waals surface area contributed by atoms with Crippen LogP contribution in [0.4, 0.5) is 4.39 Å². The molecule has 0 radical (unpaired) electrons. The number of ether oxygens (including phenoxy) is 2. The fourth-order valence-corrected chi connectivity index (χ4v) is 2.00. The molecule has 1 aliphatic rings. The first-order valence-electron chi connectivity index (χ1n) is 6.15. The van der Waals surface area contributed by atoms with Crippen molar-refractivity contribution in [3.05, 3.63) is 24.0 Å². The molecular formula is C12H17BFNO4. The smallest absolute Gasteiger partial charge is 0.491 e. The van der Waals surface area contributed by atoms with Crippen molar-refractivity contribution in [2.75, 3.05) is 33.4 Å². The van der Waals surface area contributed by atoms with E-state index in [9.17, 15) is 14.4 Å². The molecule has 1 aromatic carbocycles. The highest BCUT2D eigenvalue weighted by molar-refractivity contribution is 6.59. The van der Waals surface area contributed by atoms with Crippen LogP contribution in [0.15, 0.2) is 18.2 Å². The molecule has 0 aliphatic carbocycles. The standard InChI is InChI=1S/C12H17BFNO4/c1-15-4-5-18-10(7-15)8-19-12-3-2-9(14)6-11(12)13(16)17/h2-3,6,10,16-17H,4-5,7-8H2,1H3. The molecule has 5 nitrogen and oxygen atoms in total. The molecule has 0 saturated carbocycles. The van der Waals surface area contributed by atoms with Crippen molar-refractivity contribution in [1.82, 2.24) is 4.90 Å². The zero-order valence-corrected chi connectivity index (χ0v) is 10.8. The first-order chi connectivity index (χ1) is 9.06. The molecule has 1 aliphatic heterocycles. The van der Waals surface area contributed by atoms with Gasteiger partial charge in [0.15, 0.2) is 0 Å². The van der Waals surface area contributed by atoms with E-state index < -0.39 is 12.9 Å². The average Bonchev–Trinajstić information content (AvgIpc) is 2.37. The monoisotopic (exact) mass is 269 g/mol. The molecule has 2 N–H and O–H groups in total. The molecule has 1 atom stereocenters. The summed E-state index contributed by atoms with van der Waals surface area (Å²) in [6.07, 6.45) is -0.0764. The Kier molecular flexibility index (Phi) is 4.76. The van der Waals surface area contributed by atoms with Crippen molar-refractivity contribution < 1.29 is 23.9 Å². The number of hydrogen-bond acceptors (Lipinski definition) is 5. The third-order valence-electron chi connectivity index (χ3n) is 3.02. The molecule has 1 unspecified atom stereocenters. The number of nitrogens with zero attached hydrogens (tertiary/aromatic N) is 1. The van der Waals surface area contributed by atoms with Crippen LogP contribution in [0.5, 0.6) is 5.75 Å². The largest absolute Gasteiger partial charge is 0.492 e. The molecule has 1 saturated heterocycles. The van der Waals surface area contributed by atoms with Crippen molar-refractivity contribution in [2.45, 2.75) is 6.10 Å². The van der Waals surface area contributed by atoms with Gasteiger partial charge in [0.25, 0.3) is 0 Å². The lowest BCUT2D eigenvalue weighted by atomic mass is 9.79. The van der Waals surface area contributed by atoms with Crippen LogP contribution >= 0.6 is 0 Å². The van der Waals surface area contributed by atoms with Crippen LogP contribution in [0.3, 0.4) is 0 Å². The van der Waals surface area contributed by atoms with Crippen LogP contribution in [0.25, 0.3) is 0 Å². The van der Waals surface area contributed by atoms with E-state index in [2.05, 4.69) is 4.90 Å². The van der Waals surface area contributed by atoms with Gasteiger partial charge in [-0.15, -0.1) is 0 Å². The summed E-state index contributed by atoms with van der Waals surface area (Å²) in [5.41, 5.74) is 0.0177. The Balaban J connectivity index is 1.99. The Labute approximate surface area is 111 Å². The predicted octanol–water partition coefficient (Wildman–Crippen LogP) is -0.785. The zero-order valence-electron chi connectivity index (χ0n) is 10.8. The molecule has 2 rings (SSSR count). The van der Waals surface area contributed by atoms with Crippen LogP contribution in [0.2, 0.25) is 0 Å². The van der Waals surface area contributed by atoms with E-state index in [-0.39, 0.29) is 23.9 Å². The number of benzene rings is 1. The third-order valence-corrected chi connectivity index (χ3v) is 3.02. The van der Waals surface area contributed by atoms with Crippen LogP contribution < -0.4 is 10.2 Å². The topological polar surface area (TPSA) is 62.2 Å². The van der Waals surface area contributed by atoms with Crippen LogP contribution in [-0.4, -0.2) is 61.5 Å². The Morgan fingerprint density at radius 3 is 3.00 bits per heavy atom. The molecule has 1 heterocycles. The molecule has 0 spiro atoms. The molecule has 1 fully saturated rings.